The molecule has 14 heavy (non-hydrogen) atoms. The Kier molecular flexibility index (Phi) is 2.64. The van der Waals surface area contributed by atoms with Gasteiger partial charge in [-0.1, -0.05) is 18.7 Å². The minimum Gasteiger partial charge on any atom is -0.310 e. The first-order valence-electron chi connectivity index (χ1n) is 4.95. The Morgan fingerprint density at radius 2 is 2.07 bits per heavy atom. The highest BCUT2D eigenvalue weighted by Gasteiger charge is 2.17. The number of halogens is 1. The molecule has 0 aliphatic carbocycles. The van der Waals surface area contributed by atoms with Crippen LogP contribution in [0.2, 0.25) is 0 Å². The number of benzene rings is 1. The first-order valence-corrected chi connectivity index (χ1v) is 4.95. The van der Waals surface area contributed by atoms with Crippen LogP contribution in [-0.4, -0.2) is 12.6 Å². The summed E-state index contributed by atoms with van der Waals surface area (Å²) in [5.41, 5.74) is 2.10. The Bertz CT molecular complexity index is 323. The molecule has 1 fully saturated rings. The standard InChI is InChI=1S/C12H14FN/c1-9(12-3-2-8-14-12)10-4-6-11(13)7-5-10/h4-7,12,14H,1-3,8H2. The zero-order valence-electron chi connectivity index (χ0n) is 8.09. The topological polar surface area (TPSA) is 12.0 Å². The average Bonchev–Trinajstić information content (AvgIpc) is 2.71. The largest absolute Gasteiger partial charge is 0.310 e. The third-order valence-corrected chi connectivity index (χ3v) is 2.70. The molecule has 2 rings (SSSR count). The van der Waals surface area contributed by atoms with Gasteiger partial charge in [-0.3, -0.25) is 0 Å². The number of hydrogen-bond donors (Lipinski definition) is 1. The number of hydrogen-bond acceptors (Lipinski definition) is 1. The molecule has 0 radical (unpaired) electrons. The van der Waals surface area contributed by atoms with Gasteiger partial charge in [0.15, 0.2) is 0 Å². The van der Waals surface area contributed by atoms with Crippen LogP contribution in [0.3, 0.4) is 0 Å². The summed E-state index contributed by atoms with van der Waals surface area (Å²) in [5.74, 6) is -0.194. The van der Waals surface area contributed by atoms with Crippen LogP contribution in [0, 0.1) is 5.82 Å². The zero-order chi connectivity index (χ0) is 9.97. The third-order valence-electron chi connectivity index (χ3n) is 2.70. The van der Waals surface area contributed by atoms with Gasteiger partial charge in [0, 0.05) is 6.04 Å². The second-order valence-corrected chi connectivity index (χ2v) is 3.68. The maximum absolute atomic E-state index is 12.7. The van der Waals surface area contributed by atoms with Crippen molar-refractivity contribution in [2.24, 2.45) is 0 Å². The molecule has 1 saturated heterocycles. The van der Waals surface area contributed by atoms with Crippen molar-refractivity contribution in [2.75, 3.05) is 6.54 Å². The first-order chi connectivity index (χ1) is 6.77. The van der Waals surface area contributed by atoms with Crippen molar-refractivity contribution in [3.8, 4) is 0 Å². The van der Waals surface area contributed by atoms with Gasteiger partial charge in [-0.25, -0.2) is 4.39 Å². The number of rotatable bonds is 2. The SMILES string of the molecule is C=C(c1ccc(F)cc1)C1CCCN1. The first kappa shape index (κ1) is 9.41. The van der Waals surface area contributed by atoms with Crippen molar-refractivity contribution in [3.05, 3.63) is 42.2 Å². The molecule has 0 saturated carbocycles. The molecule has 0 spiro atoms. The average molecular weight is 191 g/mol. The molecule has 1 nitrogen and oxygen atoms in total. The van der Waals surface area contributed by atoms with Gasteiger partial charge in [-0.2, -0.15) is 0 Å². The predicted molar refractivity (Wildman–Crippen MR) is 56.5 cm³/mol. The summed E-state index contributed by atoms with van der Waals surface area (Å²) in [4.78, 5) is 0. The molecule has 1 aliphatic heterocycles. The third kappa shape index (κ3) is 1.85. The highest BCUT2D eigenvalue weighted by atomic mass is 19.1. The summed E-state index contributed by atoms with van der Waals surface area (Å²) >= 11 is 0. The van der Waals surface area contributed by atoms with Crippen LogP contribution in [-0.2, 0) is 0 Å². The van der Waals surface area contributed by atoms with Crippen molar-refractivity contribution in [3.63, 3.8) is 0 Å². The molecule has 1 unspecified atom stereocenters. The maximum Gasteiger partial charge on any atom is 0.123 e. The van der Waals surface area contributed by atoms with Crippen molar-refractivity contribution in [1.82, 2.24) is 5.32 Å². The molecule has 1 aromatic rings. The summed E-state index contributed by atoms with van der Waals surface area (Å²) in [6, 6.07) is 6.92. The quantitative estimate of drug-likeness (QED) is 0.757. The van der Waals surface area contributed by atoms with Gasteiger partial charge in [0.25, 0.3) is 0 Å². The molecule has 1 aliphatic rings. The monoisotopic (exact) mass is 191 g/mol. The lowest BCUT2D eigenvalue weighted by Gasteiger charge is -2.13. The second kappa shape index (κ2) is 3.93. The lowest BCUT2D eigenvalue weighted by molar-refractivity contribution is 0.627. The molecule has 1 atom stereocenters. The van der Waals surface area contributed by atoms with Gasteiger partial charge >= 0.3 is 0 Å². The van der Waals surface area contributed by atoms with E-state index in [0.29, 0.717) is 6.04 Å². The highest BCUT2D eigenvalue weighted by molar-refractivity contribution is 5.67. The minimum absolute atomic E-state index is 0.194. The van der Waals surface area contributed by atoms with E-state index in [9.17, 15) is 4.39 Å². The normalized spacial score (nSPS) is 21.1. The van der Waals surface area contributed by atoms with Crippen LogP contribution in [0.25, 0.3) is 5.57 Å². The highest BCUT2D eigenvalue weighted by Crippen LogP contribution is 2.22. The maximum atomic E-state index is 12.7. The second-order valence-electron chi connectivity index (χ2n) is 3.68. The van der Waals surface area contributed by atoms with E-state index >= 15 is 0 Å². The molecule has 1 heterocycles. The summed E-state index contributed by atoms with van der Waals surface area (Å²) < 4.78 is 12.7. The lowest BCUT2D eigenvalue weighted by Crippen LogP contribution is -2.22. The van der Waals surface area contributed by atoms with Gasteiger partial charge < -0.3 is 5.32 Å². The fourth-order valence-corrected chi connectivity index (χ4v) is 1.85. The molecule has 0 amide bonds. The molecule has 0 bridgehead atoms. The van der Waals surface area contributed by atoms with Gasteiger partial charge in [-0.15, -0.1) is 0 Å². The minimum atomic E-state index is -0.194. The van der Waals surface area contributed by atoms with Crippen LogP contribution in [0.5, 0.6) is 0 Å². The zero-order valence-corrected chi connectivity index (χ0v) is 8.09. The van der Waals surface area contributed by atoms with Crippen molar-refractivity contribution in [1.29, 1.82) is 0 Å². The Labute approximate surface area is 83.6 Å². The number of nitrogens with one attached hydrogen (secondary N) is 1. The van der Waals surface area contributed by atoms with Crippen LogP contribution in [0.4, 0.5) is 4.39 Å². The van der Waals surface area contributed by atoms with E-state index in [2.05, 4.69) is 11.9 Å². The molecular weight excluding hydrogens is 177 g/mol. The molecule has 74 valence electrons. The van der Waals surface area contributed by atoms with Crippen molar-refractivity contribution < 1.29 is 4.39 Å². The van der Waals surface area contributed by atoms with Gasteiger partial charge in [0.2, 0.25) is 0 Å². The van der Waals surface area contributed by atoms with E-state index in [1.54, 1.807) is 12.1 Å². The van der Waals surface area contributed by atoms with Crippen molar-refractivity contribution >= 4 is 5.57 Å². The van der Waals surface area contributed by atoms with E-state index in [0.717, 1.165) is 24.1 Å². The molecule has 0 aromatic heterocycles. The van der Waals surface area contributed by atoms with Gasteiger partial charge in [0.05, 0.1) is 0 Å². The van der Waals surface area contributed by atoms with Crippen LogP contribution >= 0.6 is 0 Å². The van der Waals surface area contributed by atoms with E-state index < -0.39 is 0 Å². The molecule has 1 N–H and O–H groups in total. The Morgan fingerprint density at radius 1 is 1.36 bits per heavy atom. The predicted octanol–water partition coefficient (Wildman–Crippen LogP) is 2.59. The Morgan fingerprint density at radius 3 is 2.64 bits per heavy atom. The van der Waals surface area contributed by atoms with Crippen LogP contribution in [0.1, 0.15) is 18.4 Å². The summed E-state index contributed by atoms with van der Waals surface area (Å²) in [7, 11) is 0. The fourth-order valence-electron chi connectivity index (χ4n) is 1.85. The lowest BCUT2D eigenvalue weighted by atomic mass is 9.99. The summed E-state index contributed by atoms with van der Waals surface area (Å²) in [5, 5.41) is 3.38. The van der Waals surface area contributed by atoms with E-state index in [1.165, 1.54) is 18.6 Å². The Hall–Kier alpha value is -1.15. The molecule has 1 aromatic carbocycles. The van der Waals surface area contributed by atoms with Crippen LogP contribution in [0.15, 0.2) is 30.8 Å². The van der Waals surface area contributed by atoms with Gasteiger partial charge in [-0.05, 0) is 42.7 Å². The van der Waals surface area contributed by atoms with E-state index in [-0.39, 0.29) is 5.82 Å². The fraction of sp³-hybridized carbons (Fsp3) is 0.333. The van der Waals surface area contributed by atoms with Crippen LogP contribution < -0.4 is 5.32 Å². The van der Waals surface area contributed by atoms with E-state index in [1.807, 2.05) is 0 Å². The summed E-state index contributed by atoms with van der Waals surface area (Å²) in [6.07, 6.45) is 2.33. The molecule has 2 heteroatoms. The summed E-state index contributed by atoms with van der Waals surface area (Å²) in [6.45, 7) is 5.11. The van der Waals surface area contributed by atoms with E-state index in [4.69, 9.17) is 0 Å². The molecular formula is C12H14FN. The Balaban J connectivity index is 2.14. The van der Waals surface area contributed by atoms with Gasteiger partial charge in [0.1, 0.15) is 5.82 Å². The van der Waals surface area contributed by atoms with Crippen molar-refractivity contribution in [2.45, 2.75) is 18.9 Å². The smallest absolute Gasteiger partial charge is 0.123 e.